The lowest BCUT2D eigenvalue weighted by Crippen LogP contribution is -2.39. The molecule has 10 heteroatoms. The fourth-order valence-corrected chi connectivity index (χ4v) is 2.35. The van der Waals surface area contributed by atoms with Crippen LogP contribution in [0, 0.1) is 11.6 Å². The molecule has 0 bridgehead atoms. The van der Waals surface area contributed by atoms with E-state index in [1.807, 2.05) is 0 Å². The molecule has 0 fully saturated rings. The molecule has 0 aromatic heterocycles. The third-order valence-corrected chi connectivity index (χ3v) is 3.59. The van der Waals surface area contributed by atoms with Gasteiger partial charge in [-0.1, -0.05) is 0 Å². The number of ether oxygens (including phenoxy) is 4. The van der Waals surface area contributed by atoms with Crippen LogP contribution in [0.2, 0.25) is 0 Å². The number of carbonyl (C=O) groups is 3. The van der Waals surface area contributed by atoms with Gasteiger partial charge >= 0.3 is 17.9 Å². The average molecular weight is 371 g/mol. The lowest BCUT2D eigenvalue weighted by molar-refractivity contribution is -0.140. The highest BCUT2D eigenvalue weighted by molar-refractivity contribution is 6.03. The third kappa shape index (κ3) is 3.36. The lowest BCUT2D eigenvalue weighted by atomic mass is 10.1. The van der Waals surface area contributed by atoms with Crippen molar-refractivity contribution in [2.45, 2.75) is 0 Å². The largest absolute Gasteiger partial charge is 0.466 e. The van der Waals surface area contributed by atoms with Crippen molar-refractivity contribution >= 4 is 23.6 Å². The predicted molar refractivity (Wildman–Crippen MR) is 82.1 cm³/mol. The number of esters is 3. The quantitative estimate of drug-likeness (QED) is 0.575. The van der Waals surface area contributed by atoms with Crippen LogP contribution < -0.4 is 4.90 Å². The summed E-state index contributed by atoms with van der Waals surface area (Å²) in [7, 11) is 3.18. The lowest BCUT2D eigenvalue weighted by Gasteiger charge is -2.31. The molecule has 1 aliphatic heterocycles. The molecular weight excluding hydrogens is 356 g/mol. The predicted octanol–water partition coefficient (Wildman–Crippen LogP) is 1.15. The van der Waals surface area contributed by atoms with E-state index in [1.165, 1.54) is 0 Å². The Morgan fingerprint density at radius 1 is 0.962 bits per heavy atom. The van der Waals surface area contributed by atoms with Gasteiger partial charge in [-0.2, -0.15) is 0 Å². The van der Waals surface area contributed by atoms with Crippen molar-refractivity contribution < 1.29 is 42.1 Å². The first-order chi connectivity index (χ1) is 12.4. The first-order valence-electron chi connectivity index (χ1n) is 7.18. The number of methoxy groups -OCH3 is 3. The fraction of sp³-hybridized carbons (Fsp3) is 0.312. The second kappa shape index (κ2) is 7.91. The van der Waals surface area contributed by atoms with Crippen molar-refractivity contribution in [1.29, 1.82) is 0 Å². The molecule has 1 aromatic rings. The minimum absolute atomic E-state index is 0.220. The van der Waals surface area contributed by atoms with E-state index in [9.17, 15) is 23.2 Å². The molecule has 2 rings (SSSR count). The van der Waals surface area contributed by atoms with Gasteiger partial charge in [0.1, 0.15) is 12.4 Å². The SMILES string of the molecule is COC(=O)C1=C(C(=O)OC)N(c2ccc(C(=O)OC)c(F)c2F)COC1. The second-order valence-corrected chi connectivity index (χ2v) is 4.97. The van der Waals surface area contributed by atoms with Crippen LogP contribution in [0.25, 0.3) is 0 Å². The van der Waals surface area contributed by atoms with Gasteiger partial charge in [-0.25, -0.2) is 23.2 Å². The smallest absolute Gasteiger partial charge is 0.355 e. The molecule has 1 aliphatic rings. The molecule has 140 valence electrons. The number of benzene rings is 1. The minimum Gasteiger partial charge on any atom is -0.466 e. The summed E-state index contributed by atoms with van der Waals surface area (Å²) >= 11 is 0. The molecular formula is C16H15F2NO7. The van der Waals surface area contributed by atoms with E-state index in [-0.39, 0.29) is 24.6 Å². The Bertz CT molecular complexity index is 791. The van der Waals surface area contributed by atoms with Crippen LogP contribution in [-0.2, 0) is 28.5 Å². The molecule has 1 heterocycles. The van der Waals surface area contributed by atoms with Crippen LogP contribution in [0.4, 0.5) is 14.5 Å². The summed E-state index contributed by atoms with van der Waals surface area (Å²) in [5, 5.41) is 0. The van der Waals surface area contributed by atoms with Gasteiger partial charge in [0.15, 0.2) is 11.6 Å². The molecule has 1 aromatic carbocycles. The van der Waals surface area contributed by atoms with Gasteiger partial charge in [0.25, 0.3) is 0 Å². The summed E-state index contributed by atoms with van der Waals surface area (Å²) in [5.74, 6) is -5.82. The normalized spacial score (nSPS) is 14.1. The maximum absolute atomic E-state index is 14.5. The summed E-state index contributed by atoms with van der Waals surface area (Å²) in [6.07, 6.45) is 0. The van der Waals surface area contributed by atoms with E-state index in [0.717, 1.165) is 38.4 Å². The number of hydrogen-bond acceptors (Lipinski definition) is 8. The van der Waals surface area contributed by atoms with Gasteiger partial charge in [0, 0.05) is 0 Å². The molecule has 0 aliphatic carbocycles. The Morgan fingerprint density at radius 3 is 2.15 bits per heavy atom. The van der Waals surface area contributed by atoms with Crippen LogP contribution in [0.1, 0.15) is 10.4 Å². The zero-order valence-corrected chi connectivity index (χ0v) is 14.1. The van der Waals surface area contributed by atoms with Crippen LogP contribution >= 0.6 is 0 Å². The fourth-order valence-electron chi connectivity index (χ4n) is 2.35. The molecule has 0 atom stereocenters. The zero-order valence-electron chi connectivity index (χ0n) is 14.1. The Kier molecular flexibility index (Phi) is 5.88. The van der Waals surface area contributed by atoms with E-state index in [2.05, 4.69) is 14.2 Å². The standard InChI is InChI=1S/C16H15F2NO7/c1-23-14(20)8-4-5-10(12(18)11(8)17)19-7-26-6-9(15(21)24-2)13(19)16(22)25-3/h4-5H,6-7H2,1-3H3. The van der Waals surface area contributed by atoms with E-state index in [0.29, 0.717) is 0 Å². The number of halogens is 2. The van der Waals surface area contributed by atoms with Crippen molar-refractivity contribution in [3.8, 4) is 0 Å². The van der Waals surface area contributed by atoms with Gasteiger partial charge in [-0.15, -0.1) is 0 Å². The highest BCUT2D eigenvalue weighted by Gasteiger charge is 2.34. The van der Waals surface area contributed by atoms with Crippen LogP contribution in [0.5, 0.6) is 0 Å². The van der Waals surface area contributed by atoms with Crippen molar-refractivity contribution in [2.24, 2.45) is 0 Å². The van der Waals surface area contributed by atoms with Crippen molar-refractivity contribution in [1.82, 2.24) is 0 Å². The Labute approximate surface area is 146 Å². The molecule has 8 nitrogen and oxygen atoms in total. The summed E-state index contributed by atoms with van der Waals surface area (Å²) in [4.78, 5) is 36.4. The first kappa shape index (κ1) is 19.3. The monoisotopic (exact) mass is 371 g/mol. The zero-order chi connectivity index (χ0) is 19.4. The van der Waals surface area contributed by atoms with Gasteiger partial charge in [-0.05, 0) is 12.1 Å². The van der Waals surface area contributed by atoms with E-state index in [1.54, 1.807) is 0 Å². The minimum atomic E-state index is -1.47. The molecule has 0 saturated carbocycles. The van der Waals surface area contributed by atoms with E-state index < -0.39 is 40.8 Å². The highest BCUT2D eigenvalue weighted by Crippen LogP contribution is 2.31. The number of hydrogen-bond donors (Lipinski definition) is 0. The van der Waals surface area contributed by atoms with Gasteiger partial charge in [0.05, 0.1) is 44.8 Å². The molecule has 0 amide bonds. The van der Waals surface area contributed by atoms with Crippen molar-refractivity contribution in [2.75, 3.05) is 39.6 Å². The number of carbonyl (C=O) groups excluding carboxylic acids is 3. The molecule has 0 radical (unpaired) electrons. The molecule has 0 spiro atoms. The molecule has 0 saturated heterocycles. The summed E-state index contributed by atoms with van der Waals surface area (Å²) in [6, 6.07) is 2.04. The maximum atomic E-state index is 14.5. The maximum Gasteiger partial charge on any atom is 0.355 e. The summed E-state index contributed by atoms with van der Waals surface area (Å²) in [6.45, 7) is -0.642. The number of nitrogens with zero attached hydrogens (tertiary/aromatic N) is 1. The van der Waals surface area contributed by atoms with Gasteiger partial charge in [-0.3, -0.25) is 0 Å². The molecule has 0 unspecified atom stereocenters. The van der Waals surface area contributed by atoms with E-state index >= 15 is 0 Å². The van der Waals surface area contributed by atoms with Crippen LogP contribution in [0.15, 0.2) is 23.4 Å². The molecule has 26 heavy (non-hydrogen) atoms. The molecule has 0 N–H and O–H groups in total. The highest BCUT2D eigenvalue weighted by atomic mass is 19.2. The average Bonchev–Trinajstić information content (AvgIpc) is 2.67. The van der Waals surface area contributed by atoms with Crippen LogP contribution in [0.3, 0.4) is 0 Å². The van der Waals surface area contributed by atoms with E-state index in [4.69, 9.17) is 4.74 Å². The van der Waals surface area contributed by atoms with Gasteiger partial charge in [0.2, 0.25) is 0 Å². The van der Waals surface area contributed by atoms with Crippen molar-refractivity contribution in [3.05, 3.63) is 40.6 Å². The summed E-state index contributed by atoms with van der Waals surface area (Å²) in [5.41, 5.74) is -1.63. The Morgan fingerprint density at radius 2 is 1.58 bits per heavy atom. The Balaban J connectivity index is 2.62. The number of rotatable bonds is 4. The van der Waals surface area contributed by atoms with Crippen molar-refractivity contribution in [3.63, 3.8) is 0 Å². The van der Waals surface area contributed by atoms with Crippen LogP contribution in [-0.4, -0.2) is 52.6 Å². The Hall–Kier alpha value is -3.01. The number of anilines is 1. The first-order valence-corrected chi connectivity index (χ1v) is 7.18. The topological polar surface area (TPSA) is 91.4 Å². The second-order valence-electron chi connectivity index (χ2n) is 4.97. The van der Waals surface area contributed by atoms with Gasteiger partial charge < -0.3 is 23.8 Å². The third-order valence-electron chi connectivity index (χ3n) is 3.59. The summed E-state index contributed by atoms with van der Waals surface area (Å²) < 4.78 is 47.5.